The number of aliphatic hydroxyl groups is 1. The highest BCUT2D eigenvalue weighted by molar-refractivity contribution is 6.05. The number of carbonyl (C=O) groups is 7. The number of aliphatic hydroxyl groups excluding tert-OH is 1. The van der Waals surface area contributed by atoms with E-state index < -0.39 is 108 Å². The number of carbonyl (C=O) groups excluding carboxylic acids is 5. The number of amides is 5. The maximum absolute atomic E-state index is 14.1. The van der Waals surface area contributed by atoms with Crippen molar-refractivity contribution in [2.45, 2.75) is 130 Å². The molecule has 17 heteroatoms. The van der Waals surface area contributed by atoms with Crippen molar-refractivity contribution in [1.82, 2.24) is 31.6 Å². The summed E-state index contributed by atoms with van der Waals surface area (Å²) in [6.45, 7) is 14.8. The number of nitrogens with one attached hydrogen (secondary N) is 6. The fraction of sp³-hybridized carbons (Fsp3) is 0.605. The van der Waals surface area contributed by atoms with Crippen LogP contribution in [-0.2, 0) is 39.9 Å². The molecule has 306 valence electrons. The van der Waals surface area contributed by atoms with Crippen molar-refractivity contribution in [2.75, 3.05) is 0 Å². The topological polar surface area (TPSA) is 265 Å². The number of hydrogen-bond donors (Lipinski definition) is 9. The Morgan fingerprint density at radius 2 is 1.29 bits per heavy atom. The third-order valence-electron chi connectivity index (χ3n) is 9.31. The Balaban J connectivity index is 2.39. The lowest BCUT2D eigenvalue weighted by Gasteiger charge is -2.31. The summed E-state index contributed by atoms with van der Waals surface area (Å²) < 4.78 is 5.08. The number of H-pyrrole nitrogens is 1. The third-order valence-corrected chi connectivity index (χ3v) is 9.31. The second-order valence-corrected chi connectivity index (χ2v) is 15.2. The van der Waals surface area contributed by atoms with E-state index in [1.165, 1.54) is 0 Å². The summed E-state index contributed by atoms with van der Waals surface area (Å²) in [5.74, 6) is -7.87. The molecule has 1 heterocycles. The van der Waals surface area contributed by atoms with Crippen molar-refractivity contribution in [2.24, 2.45) is 17.8 Å². The number of benzene rings is 1. The Bertz CT molecular complexity index is 1670. The largest absolute Gasteiger partial charge is 0.480 e. The molecule has 0 radical (unpaired) electrons. The lowest BCUT2D eigenvalue weighted by molar-refractivity contribution is -0.145. The van der Waals surface area contributed by atoms with Crippen LogP contribution in [0.25, 0.3) is 10.9 Å². The minimum absolute atomic E-state index is 0.0463. The monoisotopic (exact) mass is 774 g/mol. The maximum atomic E-state index is 14.1. The molecule has 0 aliphatic carbocycles. The lowest BCUT2D eigenvalue weighted by atomic mass is 9.93. The number of alkyl carbamates (subject to hydrolysis) is 1. The van der Waals surface area contributed by atoms with Gasteiger partial charge in [0.1, 0.15) is 23.7 Å². The molecule has 1 unspecified atom stereocenters. The summed E-state index contributed by atoms with van der Waals surface area (Å²) in [4.78, 5) is 93.3. The molecule has 2 rings (SSSR count). The Morgan fingerprint density at radius 1 is 0.745 bits per heavy atom. The van der Waals surface area contributed by atoms with E-state index >= 15 is 0 Å². The van der Waals surface area contributed by atoms with Gasteiger partial charge in [0.2, 0.25) is 23.8 Å². The van der Waals surface area contributed by atoms with E-state index in [9.17, 15) is 48.9 Å². The van der Waals surface area contributed by atoms with Crippen LogP contribution in [0.3, 0.4) is 0 Å². The number of aromatic amines is 1. The van der Waals surface area contributed by atoms with Gasteiger partial charge >= 0.3 is 18.0 Å². The van der Waals surface area contributed by atoms with Crippen LogP contribution in [0.5, 0.6) is 0 Å². The van der Waals surface area contributed by atoms with Crippen molar-refractivity contribution < 1.29 is 53.6 Å². The summed E-state index contributed by atoms with van der Waals surface area (Å²) >= 11 is 0. The second kappa shape index (κ2) is 20.5. The van der Waals surface area contributed by atoms with Crippen LogP contribution < -0.4 is 26.6 Å². The van der Waals surface area contributed by atoms with Gasteiger partial charge in [-0.05, 0) is 56.6 Å². The zero-order valence-electron chi connectivity index (χ0n) is 33.0. The number of carboxylic acid groups (broad SMARTS) is 2. The summed E-state index contributed by atoms with van der Waals surface area (Å²) in [6.07, 6.45) is -0.675. The molecule has 55 heavy (non-hydrogen) atoms. The van der Waals surface area contributed by atoms with E-state index in [1.807, 2.05) is 29.6 Å². The number of aromatic nitrogens is 1. The number of fused-ring (bicyclic) bond motifs is 1. The number of ether oxygens (including phenoxy) is 1. The van der Waals surface area contributed by atoms with E-state index in [4.69, 9.17) is 4.74 Å². The molecular weight excluding hydrogens is 716 g/mol. The minimum Gasteiger partial charge on any atom is -0.480 e. The maximum Gasteiger partial charge on any atom is 0.408 e. The summed E-state index contributed by atoms with van der Waals surface area (Å²) in [5.41, 5.74) is 0.524. The molecule has 0 fully saturated rings. The Labute approximate surface area is 321 Å². The summed E-state index contributed by atoms with van der Waals surface area (Å²) in [6, 6.07) is 0.402. The smallest absolute Gasteiger partial charge is 0.408 e. The van der Waals surface area contributed by atoms with E-state index in [0.29, 0.717) is 18.4 Å². The van der Waals surface area contributed by atoms with Gasteiger partial charge in [-0.3, -0.25) is 24.5 Å². The molecule has 0 aliphatic heterocycles. The van der Waals surface area contributed by atoms with Crippen molar-refractivity contribution >= 4 is 52.6 Å². The zero-order valence-corrected chi connectivity index (χ0v) is 33.0. The first kappa shape index (κ1) is 46.0. The summed E-state index contributed by atoms with van der Waals surface area (Å²) in [5, 5.41) is 43.8. The molecule has 0 saturated heterocycles. The van der Waals surface area contributed by atoms with Crippen LogP contribution >= 0.6 is 0 Å². The molecule has 1 aromatic carbocycles. The van der Waals surface area contributed by atoms with Gasteiger partial charge in [0.15, 0.2) is 0 Å². The van der Waals surface area contributed by atoms with Crippen LogP contribution in [0.15, 0.2) is 30.5 Å². The normalized spacial score (nSPS) is 16.0. The van der Waals surface area contributed by atoms with Crippen LogP contribution in [0.2, 0.25) is 0 Å². The molecular formula is C38H58N6O11. The molecule has 9 N–H and O–H groups in total. The van der Waals surface area contributed by atoms with Crippen molar-refractivity contribution in [3.05, 3.63) is 36.0 Å². The quantitative estimate of drug-likeness (QED) is 0.0881. The van der Waals surface area contributed by atoms with Crippen LogP contribution in [0.4, 0.5) is 4.79 Å². The SMILES string of the molecule is CC[C@@H](C)[C@H](NC(=O)[C@@H](NC(=O)OC(C)(C)C)C(=O)O)C(=O)N[C@H](C(=O)N[C@@H](Cc1c[nH]c2ccccc12)C(O)CC(=O)N[C@H](C(=O)O)C(C)C)[C@H](C)CC. The standard InChI is InChI=1S/C38H58N6O11/c1-10-20(5)29(42-33(48)30(21(6)11-2)43-34(49)31(36(52)53)44-37(54)55-38(7,8)9)32(47)40-25(16-22-18-39-24-15-13-12-14-23(22)24)26(45)17-27(46)41-28(19(3)4)35(50)51/h12-15,18-21,25-26,28-31,39,45H,10-11,16-17H2,1-9H3,(H,40,47)(H,41,46)(H,42,48)(H,43,49)(H,44,54)(H,50,51)(H,52,53)/t20-,21-,25+,26?,28+,29+,30+,31-/m1/s1. The van der Waals surface area contributed by atoms with Gasteiger partial charge in [0.05, 0.1) is 18.6 Å². The lowest BCUT2D eigenvalue weighted by Crippen LogP contribution is -2.61. The summed E-state index contributed by atoms with van der Waals surface area (Å²) in [7, 11) is 0. The van der Waals surface area contributed by atoms with E-state index in [2.05, 4.69) is 26.3 Å². The molecule has 1 aromatic heterocycles. The molecule has 0 saturated carbocycles. The van der Waals surface area contributed by atoms with Crippen LogP contribution in [-0.4, -0.2) is 104 Å². The number of carboxylic acids is 2. The molecule has 2 aromatic rings. The van der Waals surface area contributed by atoms with Gasteiger partial charge in [-0.15, -0.1) is 0 Å². The van der Waals surface area contributed by atoms with Gasteiger partial charge in [0.25, 0.3) is 5.91 Å². The molecule has 0 bridgehead atoms. The fourth-order valence-corrected chi connectivity index (χ4v) is 5.72. The van der Waals surface area contributed by atoms with E-state index in [0.717, 1.165) is 10.9 Å². The average molecular weight is 775 g/mol. The first-order chi connectivity index (χ1) is 25.6. The van der Waals surface area contributed by atoms with Crippen molar-refractivity contribution in [1.29, 1.82) is 0 Å². The van der Waals surface area contributed by atoms with E-state index in [-0.39, 0.29) is 6.42 Å². The molecule has 0 spiro atoms. The Morgan fingerprint density at radius 3 is 1.80 bits per heavy atom. The van der Waals surface area contributed by atoms with Gasteiger partial charge in [-0.25, -0.2) is 14.4 Å². The highest BCUT2D eigenvalue weighted by Crippen LogP contribution is 2.21. The number of rotatable bonds is 20. The van der Waals surface area contributed by atoms with Crippen LogP contribution in [0, 0.1) is 17.8 Å². The number of hydrogen-bond acceptors (Lipinski definition) is 9. The predicted molar refractivity (Wildman–Crippen MR) is 203 cm³/mol. The second-order valence-electron chi connectivity index (χ2n) is 15.2. The van der Waals surface area contributed by atoms with Gasteiger partial charge in [0, 0.05) is 17.1 Å². The molecule has 5 amide bonds. The first-order valence-corrected chi connectivity index (χ1v) is 18.5. The number of aliphatic carboxylic acids is 2. The fourth-order valence-electron chi connectivity index (χ4n) is 5.72. The van der Waals surface area contributed by atoms with Gasteiger partial charge < -0.3 is 46.3 Å². The molecule has 0 aliphatic rings. The molecule has 17 nitrogen and oxygen atoms in total. The first-order valence-electron chi connectivity index (χ1n) is 18.5. The Hall–Kier alpha value is -5.19. The number of para-hydroxylation sites is 1. The van der Waals surface area contributed by atoms with Crippen LogP contribution in [0.1, 0.15) is 87.1 Å². The predicted octanol–water partition coefficient (Wildman–Crippen LogP) is 2.21. The van der Waals surface area contributed by atoms with Crippen molar-refractivity contribution in [3.63, 3.8) is 0 Å². The average Bonchev–Trinajstić information content (AvgIpc) is 3.50. The third kappa shape index (κ3) is 13.9. The van der Waals surface area contributed by atoms with E-state index in [1.54, 1.807) is 68.5 Å². The highest BCUT2D eigenvalue weighted by Gasteiger charge is 2.38. The van der Waals surface area contributed by atoms with Crippen molar-refractivity contribution in [3.8, 4) is 0 Å². The molecule has 8 atom stereocenters. The Kier molecular flexibility index (Phi) is 17.1. The highest BCUT2D eigenvalue weighted by atomic mass is 16.6. The van der Waals surface area contributed by atoms with Gasteiger partial charge in [-0.2, -0.15) is 0 Å². The zero-order chi connectivity index (χ0) is 41.8. The minimum atomic E-state index is -2.10. The van der Waals surface area contributed by atoms with Gasteiger partial charge in [-0.1, -0.05) is 72.6 Å².